The molecule has 1 saturated heterocycles. The average Bonchev–Trinajstić information content (AvgIpc) is 2.49. The van der Waals surface area contributed by atoms with Crippen molar-refractivity contribution in [2.24, 2.45) is 0 Å². The van der Waals surface area contributed by atoms with Gasteiger partial charge in [0.15, 0.2) is 11.7 Å². The predicted molar refractivity (Wildman–Crippen MR) is 83.0 cm³/mol. The Morgan fingerprint density at radius 1 is 1.25 bits per heavy atom. The second-order valence-electron chi connectivity index (χ2n) is 3.92. The lowest BCUT2D eigenvalue weighted by Crippen LogP contribution is -2.16. The predicted octanol–water partition coefficient (Wildman–Crippen LogP) is 3.19. The number of thioether (sulfide) groups is 3. The van der Waals surface area contributed by atoms with Crippen molar-refractivity contribution in [1.82, 2.24) is 0 Å². The van der Waals surface area contributed by atoms with Gasteiger partial charge in [-0.15, -0.1) is 35.3 Å². The molecule has 0 aliphatic carbocycles. The van der Waals surface area contributed by atoms with Crippen molar-refractivity contribution in [2.75, 3.05) is 10.2 Å². The minimum Gasteiger partial charge on any atom is -0.460 e. The Labute approximate surface area is 127 Å². The Kier molecular flexibility index (Phi) is 4.28. The molecule has 2 aromatic rings. The normalized spacial score (nSPS) is 16.2. The molecule has 0 N–H and O–H groups in total. The van der Waals surface area contributed by atoms with Crippen LogP contribution in [0.4, 0.5) is 0 Å². The van der Waals surface area contributed by atoms with Crippen molar-refractivity contribution in [3.63, 3.8) is 0 Å². The second kappa shape index (κ2) is 6.15. The maximum Gasteiger partial charge on any atom is 0.343 e. The van der Waals surface area contributed by atoms with Gasteiger partial charge in [-0.25, -0.2) is 4.79 Å². The van der Waals surface area contributed by atoms with Gasteiger partial charge >= 0.3 is 5.63 Å². The summed E-state index contributed by atoms with van der Waals surface area (Å²) in [7, 11) is 0. The zero-order valence-electron chi connectivity index (χ0n) is 10.2. The van der Waals surface area contributed by atoms with E-state index in [4.69, 9.17) is 8.83 Å². The molecule has 0 saturated carbocycles. The van der Waals surface area contributed by atoms with Gasteiger partial charge in [-0.2, -0.15) is 0 Å². The lowest BCUT2D eigenvalue weighted by molar-refractivity contribution is 0.510. The lowest BCUT2D eigenvalue weighted by Gasteiger charge is -2.19. The third kappa shape index (κ3) is 2.70. The molecule has 3 heterocycles. The maximum atomic E-state index is 12.5. The van der Waals surface area contributed by atoms with Crippen LogP contribution in [0.3, 0.4) is 0 Å². The highest BCUT2D eigenvalue weighted by atomic mass is 32.3. The summed E-state index contributed by atoms with van der Waals surface area (Å²) in [5, 5.41) is 1.89. The van der Waals surface area contributed by atoms with Crippen LogP contribution in [0.15, 0.2) is 43.1 Å². The van der Waals surface area contributed by atoms with E-state index in [9.17, 15) is 9.59 Å². The van der Waals surface area contributed by atoms with Crippen molar-refractivity contribution in [1.29, 1.82) is 0 Å². The third-order valence-corrected chi connectivity index (χ3v) is 7.05. The molecule has 3 rings (SSSR count). The first-order valence-corrected chi connectivity index (χ1v) is 8.95. The molecule has 1 aliphatic rings. The van der Waals surface area contributed by atoms with E-state index in [-0.39, 0.29) is 21.1 Å². The van der Waals surface area contributed by atoms with Crippen LogP contribution in [0, 0.1) is 6.26 Å². The molecule has 0 amide bonds. The van der Waals surface area contributed by atoms with Crippen molar-refractivity contribution in [2.45, 2.75) is 4.58 Å². The van der Waals surface area contributed by atoms with Crippen molar-refractivity contribution < 1.29 is 8.83 Å². The highest BCUT2D eigenvalue weighted by Crippen LogP contribution is 2.46. The van der Waals surface area contributed by atoms with Crippen LogP contribution in [0.1, 0.15) is 10.1 Å². The standard InChI is InChI=1S/C13H9O4S3/c14-11-9(8-2-1-3-17-12(8)15)4-16-5-10(11)13-19-6-18-7-20-13/h1-3,5,13H,6-7H2. The van der Waals surface area contributed by atoms with Gasteiger partial charge in [-0.05, 0) is 12.1 Å². The third-order valence-electron chi connectivity index (χ3n) is 2.70. The van der Waals surface area contributed by atoms with E-state index in [1.165, 1.54) is 18.6 Å². The first-order chi connectivity index (χ1) is 9.77. The summed E-state index contributed by atoms with van der Waals surface area (Å²) in [4.78, 5) is 24.2. The van der Waals surface area contributed by atoms with Gasteiger partial charge in [0.2, 0.25) is 0 Å². The minimum absolute atomic E-state index is 0.0385. The highest BCUT2D eigenvalue weighted by Gasteiger charge is 2.23. The second-order valence-corrected chi connectivity index (χ2v) is 8.12. The van der Waals surface area contributed by atoms with Gasteiger partial charge in [0, 0.05) is 10.2 Å². The maximum absolute atomic E-state index is 12.5. The Morgan fingerprint density at radius 3 is 2.80 bits per heavy atom. The van der Waals surface area contributed by atoms with Gasteiger partial charge in [0.25, 0.3) is 0 Å². The summed E-state index contributed by atoms with van der Waals surface area (Å²) in [6, 6.07) is 3.10. The van der Waals surface area contributed by atoms with E-state index < -0.39 is 5.63 Å². The number of hydrogen-bond acceptors (Lipinski definition) is 7. The SMILES string of the molecule is O=c1occcc1-c1[c]occ(C2SCSCS2)c1=O. The molecule has 20 heavy (non-hydrogen) atoms. The van der Waals surface area contributed by atoms with Gasteiger partial charge < -0.3 is 8.83 Å². The van der Waals surface area contributed by atoms with Gasteiger partial charge in [-0.3, -0.25) is 4.79 Å². The molecule has 103 valence electrons. The molecule has 0 atom stereocenters. The Bertz CT molecular complexity index is 716. The van der Waals surface area contributed by atoms with E-state index in [1.807, 2.05) is 11.8 Å². The Hall–Kier alpha value is -1.05. The van der Waals surface area contributed by atoms with Crippen LogP contribution in [0.25, 0.3) is 11.1 Å². The van der Waals surface area contributed by atoms with Crippen LogP contribution in [0.5, 0.6) is 0 Å². The smallest absolute Gasteiger partial charge is 0.343 e. The van der Waals surface area contributed by atoms with E-state index in [1.54, 1.807) is 29.6 Å². The van der Waals surface area contributed by atoms with E-state index in [0.717, 1.165) is 10.2 Å². The van der Waals surface area contributed by atoms with Gasteiger partial charge in [-0.1, -0.05) is 0 Å². The first kappa shape index (κ1) is 13.9. The summed E-state index contributed by atoms with van der Waals surface area (Å²) < 4.78 is 9.97. The average molecular weight is 325 g/mol. The van der Waals surface area contributed by atoms with Crippen molar-refractivity contribution >= 4 is 35.3 Å². The molecule has 1 aliphatic heterocycles. The number of rotatable bonds is 2. The van der Waals surface area contributed by atoms with E-state index >= 15 is 0 Å². The first-order valence-electron chi connectivity index (χ1n) is 5.70. The molecular formula is C13H9O4S3. The monoisotopic (exact) mass is 325 g/mol. The van der Waals surface area contributed by atoms with Crippen LogP contribution in [-0.4, -0.2) is 10.2 Å². The zero-order valence-corrected chi connectivity index (χ0v) is 12.6. The van der Waals surface area contributed by atoms with Gasteiger partial charge in [0.1, 0.15) is 6.26 Å². The summed E-state index contributed by atoms with van der Waals surface area (Å²) in [5.74, 6) is 0. The molecule has 7 heteroatoms. The summed E-state index contributed by atoms with van der Waals surface area (Å²) in [6.07, 6.45) is 5.21. The zero-order chi connectivity index (χ0) is 13.9. The molecule has 1 radical (unpaired) electrons. The molecule has 0 bridgehead atoms. The molecular weight excluding hydrogens is 316 g/mol. The Morgan fingerprint density at radius 2 is 2.05 bits per heavy atom. The molecule has 4 nitrogen and oxygen atoms in total. The van der Waals surface area contributed by atoms with E-state index in [0.29, 0.717) is 5.56 Å². The van der Waals surface area contributed by atoms with Crippen LogP contribution >= 0.6 is 35.3 Å². The topological polar surface area (TPSA) is 60.4 Å². The molecule has 0 aromatic carbocycles. The van der Waals surface area contributed by atoms with Crippen LogP contribution in [0.2, 0.25) is 0 Å². The fourth-order valence-corrected chi connectivity index (χ4v) is 6.48. The van der Waals surface area contributed by atoms with Crippen LogP contribution in [-0.2, 0) is 0 Å². The van der Waals surface area contributed by atoms with Crippen LogP contribution < -0.4 is 11.1 Å². The van der Waals surface area contributed by atoms with E-state index in [2.05, 4.69) is 6.26 Å². The highest BCUT2D eigenvalue weighted by molar-refractivity contribution is 8.32. The number of hydrogen-bond donors (Lipinski definition) is 0. The molecule has 0 unspecified atom stereocenters. The van der Waals surface area contributed by atoms with Crippen molar-refractivity contribution in [3.05, 3.63) is 57.1 Å². The fraction of sp³-hybridized carbons (Fsp3) is 0.231. The molecule has 2 aromatic heterocycles. The van der Waals surface area contributed by atoms with Crippen molar-refractivity contribution in [3.8, 4) is 11.1 Å². The largest absolute Gasteiger partial charge is 0.460 e. The Balaban J connectivity index is 2.08. The summed E-state index contributed by atoms with van der Waals surface area (Å²) in [5.41, 5.74) is 0.108. The summed E-state index contributed by atoms with van der Waals surface area (Å²) >= 11 is 5.20. The van der Waals surface area contributed by atoms with Gasteiger partial charge in [0.05, 0.1) is 27.5 Å². The fourth-order valence-electron chi connectivity index (χ4n) is 1.77. The quantitative estimate of drug-likeness (QED) is 0.840. The molecule has 1 fully saturated rings. The summed E-state index contributed by atoms with van der Waals surface area (Å²) in [6.45, 7) is 0. The molecule has 0 spiro atoms. The minimum atomic E-state index is -0.562. The lowest BCUT2D eigenvalue weighted by atomic mass is 10.1.